The number of nitrogens with one attached hydrogen (secondary N) is 1. The van der Waals surface area contributed by atoms with E-state index in [2.05, 4.69) is 15.0 Å². The van der Waals surface area contributed by atoms with Crippen LogP contribution in [0.15, 0.2) is 60.9 Å². The molecule has 1 aromatic heterocycles. The van der Waals surface area contributed by atoms with Crippen LogP contribution in [0.1, 0.15) is 16.7 Å². The molecule has 0 spiro atoms. The van der Waals surface area contributed by atoms with Crippen LogP contribution in [0.5, 0.6) is 0 Å². The van der Waals surface area contributed by atoms with E-state index in [4.69, 9.17) is 0 Å². The number of rotatable bonds is 6. The molecule has 0 aliphatic rings. The van der Waals surface area contributed by atoms with Gasteiger partial charge in [0.05, 0.1) is 7.11 Å². The molecule has 0 aliphatic heterocycles. The smallest absolute Gasteiger partial charge is 0.330 e. The lowest BCUT2D eigenvalue weighted by molar-refractivity contribution is -0.134. The lowest BCUT2D eigenvalue weighted by Gasteiger charge is -2.01. The first kappa shape index (κ1) is 17.1. The number of esters is 1. The fourth-order valence-electron chi connectivity index (χ4n) is 1.87. The Labute approximate surface area is 140 Å². The number of carbonyl (C=O) groups excluding carboxylic acids is 2. The van der Waals surface area contributed by atoms with Gasteiger partial charge in [-0.3, -0.25) is 9.78 Å². The van der Waals surface area contributed by atoms with Crippen molar-refractivity contribution >= 4 is 24.0 Å². The van der Waals surface area contributed by atoms with E-state index in [0.717, 1.165) is 16.7 Å². The van der Waals surface area contributed by atoms with Crippen molar-refractivity contribution < 1.29 is 14.3 Å². The Kier molecular flexibility index (Phi) is 6.46. The van der Waals surface area contributed by atoms with Gasteiger partial charge in [0.25, 0.3) is 0 Å². The first-order chi connectivity index (χ1) is 11.7. The van der Waals surface area contributed by atoms with Gasteiger partial charge in [0.2, 0.25) is 5.91 Å². The van der Waals surface area contributed by atoms with Crippen molar-refractivity contribution in [1.82, 2.24) is 10.3 Å². The largest absolute Gasteiger partial charge is 0.466 e. The molecule has 0 saturated carbocycles. The summed E-state index contributed by atoms with van der Waals surface area (Å²) in [5.74, 6) is -0.572. The summed E-state index contributed by atoms with van der Waals surface area (Å²) in [4.78, 5) is 26.8. The van der Waals surface area contributed by atoms with E-state index < -0.39 is 5.97 Å². The topological polar surface area (TPSA) is 68.3 Å². The molecule has 24 heavy (non-hydrogen) atoms. The summed E-state index contributed by atoms with van der Waals surface area (Å²) in [7, 11) is 1.33. The number of carbonyl (C=O) groups is 2. The minimum atomic E-state index is -0.399. The van der Waals surface area contributed by atoms with Crippen molar-refractivity contribution in [3.05, 3.63) is 77.6 Å². The molecule has 122 valence electrons. The molecule has 0 unspecified atom stereocenters. The predicted molar refractivity (Wildman–Crippen MR) is 92.6 cm³/mol. The number of hydrogen-bond donors (Lipinski definition) is 1. The third-order valence-corrected chi connectivity index (χ3v) is 3.17. The number of methoxy groups -OCH3 is 1. The Balaban J connectivity index is 1.86. The number of hydrogen-bond acceptors (Lipinski definition) is 4. The second-order valence-electron chi connectivity index (χ2n) is 4.94. The van der Waals surface area contributed by atoms with Crippen LogP contribution < -0.4 is 5.32 Å². The van der Waals surface area contributed by atoms with E-state index in [9.17, 15) is 9.59 Å². The van der Waals surface area contributed by atoms with Gasteiger partial charge < -0.3 is 10.1 Å². The summed E-state index contributed by atoms with van der Waals surface area (Å²) < 4.78 is 4.53. The quantitative estimate of drug-likeness (QED) is 0.656. The van der Waals surface area contributed by atoms with Gasteiger partial charge in [-0.15, -0.1) is 0 Å². The van der Waals surface area contributed by atoms with Crippen LogP contribution in [0.4, 0.5) is 0 Å². The van der Waals surface area contributed by atoms with Gasteiger partial charge in [-0.05, 0) is 34.9 Å². The summed E-state index contributed by atoms with van der Waals surface area (Å²) in [6.07, 6.45) is 9.64. The van der Waals surface area contributed by atoms with Crippen LogP contribution >= 0.6 is 0 Å². The minimum absolute atomic E-state index is 0.173. The molecule has 0 fully saturated rings. The van der Waals surface area contributed by atoms with Crippen molar-refractivity contribution in [1.29, 1.82) is 0 Å². The number of benzene rings is 1. The molecule has 0 radical (unpaired) electrons. The summed E-state index contributed by atoms with van der Waals surface area (Å²) in [6.45, 7) is 0.439. The van der Waals surface area contributed by atoms with Crippen molar-refractivity contribution in [2.75, 3.05) is 7.11 Å². The molecule has 0 atom stereocenters. The van der Waals surface area contributed by atoms with Crippen LogP contribution in [-0.4, -0.2) is 24.0 Å². The molecule has 0 saturated heterocycles. The van der Waals surface area contributed by atoms with Gasteiger partial charge in [-0.1, -0.05) is 30.3 Å². The monoisotopic (exact) mass is 322 g/mol. The van der Waals surface area contributed by atoms with Gasteiger partial charge in [-0.25, -0.2) is 4.79 Å². The Morgan fingerprint density at radius 1 is 1.08 bits per heavy atom. The number of nitrogens with zero attached hydrogens (tertiary/aromatic N) is 1. The molecule has 1 aromatic carbocycles. The zero-order valence-electron chi connectivity index (χ0n) is 13.3. The zero-order valence-corrected chi connectivity index (χ0v) is 13.3. The maximum Gasteiger partial charge on any atom is 0.330 e. The molecule has 0 aliphatic carbocycles. The maximum atomic E-state index is 11.8. The molecule has 1 amide bonds. The predicted octanol–water partition coefficient (Wildman–Crippen LogP) is 2.60. The van der Waals surface area contributed by atoms with Crippen molar-refractivity contribution in [2.45, 2.75) is 6.54 Å². The first-order valence-electron chi connectivity index (χ1n) is 7.38. The van der Waals surface area contributed by atoms with E-state index in [1.165, 1.54) is 19.3 Å². The molecular weight excluding hydrogens is 304 g/mol. The standard InChI is InChI=1S/C19H18N2O3/c1-24-19(23)11-9-16-6-4-15(5-7-16)8-10-18(22)21-14-17-3-2-12-20-13-17/h2-13H,14H2,1H3,(H,21,22). The molecular formula is C19H18N2O3. The maximum absolute atomic E-state index is 11.8. The number of amides is 1. The van der Waals surface area contributed by atoms with Crippen LogP contribution in [0.2, 0.25) is 0 Å². The summed E-state index contributed by atoms with van der Waals surface area (Å²) in [6, 6.07) is 11.2. The molecule has 1 heterocycles. The Bertz CT molecular complexity index is 735. The highest BCUT2D eigenvalue weighted by Gasteiger charge is 1.97. The summed E-state index contributed by atoms with van der Waals surface area (Å²) in [5.41, 5.74) is 2.71. The van der Waals surface area contributed by atoms with E-state index in [0.29, 0.717) is 6.54 Å². The zero-order chi connectivity index (χ0) is 17.2. The number of pyridine rings is 1. The second-order valence-corrected chi connectivity index (χ2v) is 4.94. The number of ether oxygens (including phenoxy) is 1. The Morgan fingerprint density at radius 2 is 1.75 bits per heavy atom. The molecule has 2 aromatic rings. The fraction of sp³-hybridized carbons (Fsp3) is 0.105. The van der Waals surface area contributed by atoms with Gasteiger partial charge in [0.1, 0.15) is 0 Å². The van der Waals surface area contributed by atoms with Crippen LogP contribution in [0.25, 0.3) is 12.2 Å². The highest BCUT2D eigenvalue weighted by molar-refractivity contribution is 5.91. The lowest BCUT2D eigenvalue weighted by Crippen LogP contribution is -2.20. The highest BCUT2D eigenvalue weighted by atomic mass is 16.5. The minimum Gasteiger partial charge on any atom is -0.466 e. The van der Waals surface area contributed by atoms with E-state index >= 15 is 0 Å². The van der Waals surface area contributed by atoms with E-state index in [1.54, 1.807) is 24.5 Å². The average Bonchev–Trinajstić information content (AvgIpc) is 2.64. The fourth-order valence-corrected chi connectivity index (χ4v) is 1.87. The van der Waals surface area contributed by atoms with Gasteiger partial charge in [0, 0.05) is 31.1 Å². The molecule has 2 rings (SSSR count). The van der Waals surface area contributed by atoms with Crippen molar-refractivity contribution in [2.24, 2.45) is 0 Å². The third kappa shape index (κ3) is 5.88. The van der Waals surface area contributed by atoms with Crippen LogP contribution in [-0.2, 0) is 20.9 Å². The molecule has 0 bridgehead atoms. The Morgan fingerprint density at radius 3 is 2.33 bits per heavy atom. The van der Waals surface area contributed by atoms with Crippen LogP contribution in [0.3, 0.4) is 0 Å². The van der Waals surface area contributed by atoms with Crippen LogP contribution in [0, 0.1) is 0 Å². The molecule has 1 N–H and O–H groups in total. The number of aromatic nitrogens is 1. The SMILES string of the molecule is COC(=O)C=Cc1ccc(C=CC(=O)NCc2cccnc2)cc1. The van der Waals surface area contributed by atoms with Gasteiger partial charge >= 0.3 is 5.97 Å². The normalized spacial score (nSPS) is 10.9. The Hall–Kier alpha value is -3.21. The molecule has 5 heteroatoms. The first-order valence-corrected chi connectivity index (χ1v) is 7.38. The van der Waals surface area contributed by atoms with Gasteiger partial charge in [-0.2, -0.15) is 0 Å². The van der Waals surface area contributed by atoms with E-state index in [1.807, 2.05) is 36.4 Å². The second kappa shape index (κ2) is 9.05. The van der Waals surface area contributed by atoms with Crippen molar-refractivity contribution in [3.63, 3.8) is 0 Å². The lowest BCUT2D eigenvalue weighted by atomic mass is 10.1. The summed E-state index contributed by atoms with van der Waals surface area (Å²) in [5, 5.41) is 2.79. The highest BCUT2D eigenvalue weighted by Crippen LogP contribution is 2.08. The van der Waals surface area contributed by atoms with E-state index in [-0.39, 0.29) is 5.91 Å². The van der Waals surface area contributed by atoms with Crippen molar-refractivity contribution in [3.8, 4) is 0 Å². The summed E-state index contributed by atoms with van der Waals surface area (Å²) >= 11 is 0. The van der Waals surface area contributed by atoms with Gasteiger partial charge in [0.15, 0.2) is 0 Å². The average molecular weight is 322 g/mol. The molecule has 5 nitrogen and oxygen atoms in total. The third-order valence-electron chi connectivity index (χ3n) is 3.17.